The molecule has 4 rings (SSSR count). The van der Waals surface area contributed by atoms with Crippen LogP contribution < -0.4 is 4.90 Å². The summed E-state index contributed by atoms with van der Waals surface area (Å²) < 4.78 is 1.54. The Morgan fingerprint density at radius 1 is 1.06 bits per heavy atom. The number of fused-ring (bicyclic) bond motifs is 1. The Bertz CT molecular complexity index is 1210. The van der Waals surface area contributed by atoms with Gasteiger partial charge in [-0.1, -0.05) is 6.07 Å². The number of carbonyl (C=O) groups excluding carboxylic acids is 1. The second kappa shape index (κ2) is 8.70. The Kier molecular flexibility index (Phi) is 5.81. The maximum absolute atomic E-state index is 12.9. The van der Waals surface area contributed by atoms with Crippen molar-refractivity contribution in [2.45, 2.75) is 20.8 Å². The molecule has 0 spiro atoms. The van der Waals surface area contributed by atoms with E-state index < -0.39 is 0 Å². The van der Waals surface area contributed by atoms with Gasteiger partial charge in [-0.15, -0.1) is 10.2 Å². The molecule has 0 fully saturated rings. The first-order valence-electron chi connectivity index (χ1n) is 10.6. The summed E-state index contributed by atoms with van der Waals surface area (Å²) in [6.07, 6.45) is 1.68. The van der Waals surface area contributed by atoms with Crippen molar-refractivity contribution in [1.82, 2.24) is 24.8 Å². The highest BCUT2D eigenvalue weighted by atomic mass is 16.2. The van der Waals surface area contributed by atoms with E-state index in [0.29, 0.717) is 23.1 Å². The predicted molar refractivity (Wildman–Crippen MR) is 126 cm³/mol. The van der Waals surface area contributed by atoms with Crippen LogP contribution in [-0.4, -0.2) is 69.3 Å². The number of aromatic nitrogens is 4. The van der Waals surface area contributed by atoms with E-state index in [0.717, 1.165) is 30.0 Å². The molecule has 3 heterocycles. The summed E-state index contributed by atoms with van der Waals surface area (Å²) in [5, 5.41) is 13.1. The third-order valence-electron chi connectivity index (χ3n) is 5.32. The molecule has 9 nitrogen and oxygen atoms in total. The standard InChI is InChI=1S/C23H26N8O/c1-6-30(7-2)16-11-12-17(15(3)14-16)25-19-20(23(32)29(4)5)28-31-21(26-27-22(19)31)18-10-8-9-13-24-18/h8-14H,6-7H2,1-5H3. The first kappa shape index (κ1) is 21.4. The number of nitrogens with zero attached hydrogens (tertiary/aromatic N) is 8. The van der Waals surface area contributed by atoms with Gasteiger partial charge in [-0.2, -0.15) is 9.78 Å². The molecule has 1 aliphatic heterocycles. The summed E-state index contributed by atoms with van der Waals surface area (Å²) in [5.74, 6) is 0.630. The molecule has 9 heteroatoms. The number of aryl methyl sites for hydroxylation is 1. The summed E-state index contributed by atoms with van der Waals surface area (Å²) in [4.78, 5) is 25.8. The van der Waals surface area contributed by atoms with E-state index in [1.54, 1.807) is 20.3 Å². The molecule has 0 saturated carbocycles. The molecule has 2 aromatic heterocycles. The van der Waals surface area contributed by atoms with Gasteiger partial charge in [0.2, 0.25) is 11.6 Å². The largest absolute Gasteiger partial charge is 0.372 e. The monoisotopic (exact) mass is 430 g/mol. The number of hydrogen-bond acceptors (Lipinski definition) is 7. The maximum atomic E-state index is 12.9. The minimum absolute atomic E-state index is 0.226. The van der Waals surface area contributed by atoms with E-state index in [2.05, 4.69) is 45.1 Å². The molecule has 0 unspecified atom stereocenters. The summed E-state index contributed by atoms with van der Waals surface area (Å²) in [6.45, 7) is 8.13. The highest BCUT2D eigenvalue weighted by molar-refractivity contribution is 6.70. The summed E-state index contributed by atoms with van der Waals surface area (Å²) in [7, 11) is 3.37. The first-order valence-corrected chi connectivity index (χ1v) is 10.6. The molecule has 1 aromatic carbocycles. The maximum Gasteiger partial charge on any atom is 0.276 e. The Labute approximate surface area is 187 Å². The van der Waals surface area contributed by atoms with Gasteiger partial charge in [0, 0.05) is 39.1 Å². The van der Waals surface area contributed by atoms with Crippen molar-refractivity contribution in [3.63, 3.8) is 0 Å². The third kappa shape index (κ3) is 3.77. The molecule has 0 radical (unpaired) electrons. The van der Waals surface area contributed by atoms with Crippen LogP contribution in [-0.2, 0) is 4.79 Å². The molecule has 0 N–H and O–H groups in total. The van der Waals surface area contributed by atoms with Crippen LogP contribution in [0.25, 0.3) is 11.5 Å². The van der Waals surface area contributed by atoms with Gasteiger partial charge in [-0.25, -0.2) is 4.99 Å². The van der Waals surface area contributed by atoms with E-state index in [1.807, 2.05) is 37.3 Å². The molecule has 0 bridgehead atoms. The Balaban J connectivity index is 1.82. The number of aliphatic imine (C=N–C) groups is 1. The molecular formula is C23H26N8O. The lowest BCUT2D eigenvalue weighted by atomic mass is 10.1. The Morgan fingerprint density at radius 2 is 1.81 bits per heavy atom. The van der Waals surface area contributed by atoms with Gasteiger partial charge in [-0.05, 0) is 56.7 Å². The van der Waals surface area contributed by atoms with Crippen molar-refractivity contribution in [2.75, 3.05) is 32.1 Å². The van der Waals surface area contributed by atoms with Gasteiger partial charge in [-0.3, -0.25) is 9.78 Å². The van der Waals surface area contributed by atoms with Gasteiger partial charge in [0.25, 0.3) is 5.91 Å². The van der Waals surface area contributed by atoms with Crippen LogP contribution in [0.1, 0.15) is 25.2 Å². The lowest BCUT2D eigenvalue weighted by Gasteiger charge is -2.21. The van der Waals surface area contributed by atoms with Crippen molar-refractivity contribution >= 4 is 28.7 Å². The number of pyridine rings is 1. The zero-order valence-corrected chi connectivity index (χ0v) is 18.9. The fraction of sp³-hybridized carbons (Fsp3) is 0.304. The van der Waals surface area contributed by atoms with Crippen LogP contribution in [0.5, 0.6) is 0 Å². The summed E-state index contributed by atoms with van der Waals surface area (Å²) in [5.41, 5.74) is 4.14. The number of benzene rings is 1. The number of carbonyl (C=O) groups is 1. The zero-order valence-electron chi connectivity index (χ0n) is 18.9. The zero-order chi connectivity index (χ0) is 22.8. The molecule has 3 aromatic rings. The topological polar surface area (TPSA) is 91.9 Å². The fourth-order valence-electron chi connectivity index (χ4n) is 3.56. The summed E-state index contributed by atoms with van der Waals surface area (Å²) in [6, 6.07) is 11.6. The van der Waals surface area contributed by atoms with Crippen molar-refractivity contribution in [3.8, 4) is 11.5 Å². The highest BCUT2D eigenvalue weighted by Crippen LogP contribution is 2.28. The van der Waals surface area contributed by atoms with E-state index >= 15 is 0 Å². The van der Waals surface area contributed by atoms with Gasteiger partial charge >= 0.3 is 0 Å². The van der Waals surface area contributed by atoms with Crippen LogP contribution in [0.15, 0.2) is 52.7 Å². The summed E-state index contributed by atoms with van der Waals surface area (Å²) >= 11 is 0. The average molecular weight is 431 g/mol. The number of rotatable bonds is 6. The lowest BCUT2D eigenvalue weighted by molar-refractivity contribution is -0.121. The van der Waals surface area contributed by atoms with E-state index in [-0.39, 0.29) is 11.6 Å². The molecule has 164 valence electrons. The normalized spacial score (nSPS) is 13.8. The second-order valence-electron chi connectivity index (χ2n) is 7.63. The third-order valence-corrected chi connectivity index (χ3v) is 5.32. The van der Waals surface area contributed by atoms with Crippen molar-refractivity contribution in [3.05, 3.63) is 54.0 Å². The average Bonchev–Trinajstić information content (AvgIpc) is 3.36. The second-order valence-corrected chi connectivity index (χ2v) is 7.63. The first-order chi connectivity index (χ1) is 15.4. The smallest absolute Gasteiger partial charge is 0.276 e. The molecule has 0 saturated heterocycles. The SMILES string of the molecule is CCN(CC)c1ccc(N=C2C(C(=O)N(C)C)=Nn3c2nnc3-c2ccccn2)c(C)c1. The molecule has 1 amide bonds. The Morgan fingerprint density at radius 3 is 2.44 bits per heavy atom. The van der Waals surface area contributed by atoms with Gasteiger partial charge in [0.15, 0.2) is 5.71 Å². The van der Waals surface area contributed by atoms with E-state index in [4.69, 9.17) is 4.99 Å². The minimum Gasteiger partial charge on any atom is -0.372 e. The molecular weight excluding hydrogens is 404 g/mol. The van der Waals surface area contributed by atoms with Gasteiger partial charge in [0.05, 0.1) is 5.69 Å². The molecule has 0 aliphatic carbocycles. The molecule has 1 aliphatic rings. The van der Waals surface area contributed by atoms with Crippen molar-refractivity contribution < 1.29 is 4.79 Å². The van der Waals surface area contributed by atoms with Gasteiger partial charge < -0.3 is 9.80 Å². The minimum atomic E-state index is -0.251. The van der Waals surface area contributed by atoms with Crippen LogP contribution >= 0.6 is 0 Å². The van der Waals surface area contributed by atoms with Crippen molar-refractivity contribution in [2.24, 2.45) is 10.1 Å². The Hall–Kier alpha value is -3.88. The lowest BCUT2D eigenvalue weighted by Crippen LogP contribution is -2.34. The quantitative estimate of drug-likeness (QED) is 0.600. The number of amides is 1. The van der Waals surface area contributed by atoms with Crippen molar-refractivity contribution in [1.29, 1.82) is 0 Å². The predicted octanol–water partition coefficient (Wildman–Crippen LogP) is 2.92. The molecule has 32 heavy (non-hydrogen) atoms. The van der Waals surface area contributed by atoms with Crippen LogP contribution in [0, 0.1) is 6.92 Å². The molecule has 0 atom stereocenters. The fourth-order valence-corrected chi connectivity index (χ4v) is 3.56. The van der Waals surface area contributed by atoms with E-state index in [1.165, 1.54) is 9.58 Å². The number of hydrogen-bond donors (Lipinski definition) is 0. The highest BCUT2D eigenvalue weighted by Gasteiger charge is 2.34. The van der Waals surface area contributed by atoms with Gasteiger partial charge in [0.1, 0.15) is 11.4 Å². The van der Waals surface area contributed by atoms with E-state index in [9.17, 15) is 4.79 Å². The van der Waals surface area contributed by atoms with Crippen LogP contribution in [0.4, 0.5) is 11.4 Å². The van der Waals surface area contributed by atoms with Crippen LogP contribution in [0.2, 0.25) is 0 Å². The van der Waals surface area contributed by atoms with Crippen LogP contribution in [0.3, 0.4) is 0 Å². The number of anilines is 1.